The van der Waals surface area contributed by atoms with Gasteiger partial charge in [-0.1, -0.05) is 6.92 Å². The fourth-order valence-corrected chi connectivity index (χ4v) is 2.36. The lowest BCUT2D eigenvalue weighted by molar-refractivity contribution is -0.146. The quantitative estimate of drug-likeness (QED) is 0.198. The van der Waals surface area contributed by atoms with Gasteiger partial charge in [0.2, 0.25) is 11.8 Å². The fraction of sp³-hybridized carbons (Fsp3) is 0.773. The number of rotatable bonds is 24. The third-order valence-electron chi connectivity index (χ3n) is 4.02. The molecule has 1 aromatic heterocycles. The number of aromatic nitrogens is 1. The fourth-order valence-electron chi connectivity index (χ4n) is 2.36. The monoisotopic (exact) mass is 493 g/mol. The van der Waals surface area contributed by atoms with Crippen LogP contribution in [0.1, 0.15) is 19.8 Å². The van der Waals surface area contributed by atoms with Gasteiger partial charge in [-0.05, 0) is 6.42 Å². The summed E-state index contributed by atoms with van der Waals surface area (Å²) in [7, 11) is 0. The second-order valence-electron chi connectivity index (χ2n) is 6.84. The van der Waals surface area contributed by atoms with Crippen molar-refractivity contribution in [2.75, 3.05) is 92.5 Å². The minimum atomic E-state index is -0.650. The van der Waals surface area contributed by atoms with Gasteiger partial charge < -0.3 is 48.2 Å². The van der Waals surface area contributed by atoms with Crippen molar-refractivity contribution < 1.29 is 53.0 Å². The van der Waals surface area contributed by atoms with Crippen molar-refractivity contribution in [1.82, 2.24) is 4.73 Å². The summed E-state index contributed by atoms with van der Waals surface area (Å²) in [6, 6.07) is 2.41. The molecule has 0 amide bonds. The highest BCUT2D eigenvalue weighted by atomic mass is 16.7. The van der Waals surface area contributed by atoms with Gasteiger partial charge in [0.05, 0.1) is 92.3 Å². The summed E-state index contributed by atoms with van der Waals surface area (Å²) in [5.41, 5.74) is 0. The van der Waals surface area contributed by atoms with E-state index in [9.17, 15) is 15.0 Å². The SMILES string of the molecule is CCCOCCOCCOCCOCCOCCOCCOCCC(=O)On1c(O)ccc1O. The molecule has 198 valence electrons. The smallest absolute Gasteiger partial charge is 0.335 e. The van der Waals surface area contributed by atoms with Gasteiger partial charge in [0.1, 0.15) is 0 Å². The number of nitrogens with zero attached hydrogens (tertiary/aromatic N) is 1. The molecule has 0 aromatic carbocycles. The molecule has 0 unspecified atom stereocenters. The Morgan fingerprint density at radius 2 is 0.941 bits per heavy atom. The molecule has 1 heterocycles. The zero-order valence-electron chi connectivity index (χ0n) is 20.0. The second-order valence-corrected chi connectivity index (χ2v) is 6.84. The van der Waals surface area contributed by atoms with Crippen molar-refractivity contribution in [3.8, 4) is 11.8 Å². The number of hydrogen-bond acceptors (Lipinski definition) is 11. The van der Waals surface area contributed by atoms with Crippen LogP contribution in [-0.2, 0) is 38.0 Å². The van der Waals surface area contributed by atoms with Gasteiger partial charge >= 0.3 is 5.97 Å². The lowest BCUT2D eigenvalue weighted by Gasteiger charge is -2.09. The van der Waals surface area contributed by atoms with Crippen LogP contribution in [-0.4, -0.2) is 113 Å². The Balaban J connectivity index is 1.73. The zero-order chi connectivity index (χ0) is 24.7. The molecular weight excluding hydrogens is 454 g/mol. The summed E-state index contributed by atoms with van der Waals surface area (Å²) >= 11 is 0. The predicted molar refractivity (Wildman–Crippen MR) is 120 cm³/mol. The number of carbonyl (C=O) groups is 1. The Kier molecular flexibility index (Phi) is 19.1. The average Bonchev–Trinajstić information content (AvgIpc) is 3.14. The number of ether oxygens (including phenoxy) is 7. The van der Waals surface area contributed by atoms with Crippen LogP contribution in [0.4, 0.5) is 0 Å². The molecule has 0 atom stereocenters. The molecule has 0 saturated carbocycles. The molecule has 1 rings (SSSR count). The molecule has 0 fully saturated rings. The first-order chi connectivity index (χ1) is 16.6. The summed E-state index contributed by atoms with van der Waals surface area (Å²) in [5.74, 6) is -1.39. The Labute approximate surface area is 200 Å². The summed E-state index contributed by atoms with van der Waals surface area (Å²) in [6.07, 6.45) is 0.979. The molecule has 1 aromatic rings. The van der Waals surface area contributed by atoms with Crippen molar-refractivity contribution in [3.63, 3.8) is 0 Å². The van der Waals surface area contributed by atoms with Crippen LogP contribution in [0.25, 0.3) is 0 Å². The molecule has 0 aliphatic rings. The third-order valence-corrected chi connectivity index (χ3v) is 4.02. The molecule has 34 heavy (non-hydrogen) atoms. The van der Waals surface area contributed by atoms with Gasteiger partial charge in [-0.3, -0.25) is 0 Å². The van der Waals surface area contributed by atoms with Gasteiger partial charge in [0.25, 0.3) is 0 Å². The molecule has 0 aliphatic carbocycles. The highest BCUT2D eigenvalue weighted by molar-refractivity contribution is 5.70. The standard InChI is InChI=1S/C22H39NO11/c1-2-6-27-8-10-29-12-14-31-16-18-33-19-17-32-15-13-30-11-9-28-7-5-22(26)34-23-20(24)3-4-21(23)25/h3-4,24-25H,2,5-19H2,1H3. The molecule has 2 N–H and O–H groups in total. The molecule has 12 nitrogen and oxygen atoms in total. The minimum Gasteiger partial charge on any atom is -0.492 e. The minimum absolute atomic E-state index is 0.0342. The normalized spacial score (nSPS) is 11.2. The van der Waals surface area contributed by atoms with Crippen LogP contribution in [0, 0.1) is 0 Å². The van der Waals surface area contributed by atoms with E-state index in [4.69, 9.17) is 38.0 Å². The van der Waals surface area contributed by atoms with E-state index in [-0.39, 0.29) is 24.8 Å². The lowest BCUT2D eigenvalue weighted by atomic mass is 10.5. The van der Waals surface area contributed by atoms with Crippen LogP contribution in [0.15, 0.2) is 12.1 Å². The molecular formula is C22H39NO11. The van der Waals surface area contributed by atoms with Crippen LogP contribution in [0.5, 0.6) is 11.8 Å². The first-order valence-corrected chi connectivity index (χ1v) is 11.5. The highest BCUT2D eigenvalue weighted by Crippen LogP contribution is 2.18. The first-order valence-electron chi connectivity index (χ1n) is 11.5. The highest BCUT2D eigenvalue weighted by Gasteiger charge is 2.11. The van der Waals surface area contributed by atoms with Crippen molar-refractivity contribution in [3.05, 3.63) is 12.1 Å². The summed E-state index contributed by atoms with van der Waals surface area (Å²) in [5, 5.41) is 18.8. The van der Waals surface area contributed by atoms with E-state index < -0.39 is 5.97 Å². The van der Waals surface area contributed by atoms with E-state index >= 15 is 0 Å². The Morgan fingerprint density at radius 1 is 0.618 bits per heavy atom. The zero-order valence-corrected chi connectivity index (χ0v) is 20.0. The van der Waals surface area contributed by atoms with E-state index in [1.807, 2.05) is 0 Å². The molecule has 0 spiro atoms. The summed E-state index contributed by atoms with van der Waals surface area (Å²) in [6.45, 7) is 8.72. The van der Waals surface area contributed by atoms with Crippen molar-refractivity contribution in [2.24, 2.45) is 0 Å². The van der Waals surface area contributed by atoms with Crippen LogP contribution >= 0.6 is 0 Å². The van der Waals surface area contributed by atoms with Crippen molar-refractivity contribution in [1.29, 1.82) is 0 Å². The molecule has 0 radical (unpaired) electrons. The molecule has 0 saturated heterocycles. The van der Waals surface area contributed by atoms with E-state index in [1.54, 1.807) is 0 Å². The predicted octanol–water partition coefficient (Wildman–Crippen LogP) is 0.771. The van der Waals surface area contributed by atoms with Gasteiger partial charge in [-0.2, -0.15) is 0 Å². The van der Waals surface area contributed by atoms with Gasteiger partial charge in [0.15, 0.2) is 0 Å². The maximum atomic E-state index is 11.6. The van der Waals surface area contributed by atoms with E-state index in [1.165, 1.54) is 12.1 Å². The average molecular weight is 494 g/mol. The van der Waals surface area contributed by atoms with Crippen LogP contribution in [0.3, 0.4) is 0 Å². The Bertz CT molecular complexity index is 592. The number of aromatic hydroxyl groups is 2. The van der Waals surface area contributed by atoms with Gasteiger partial charge in [-0.25, -0.2) is 4.79 Å². The van der Waals surface area contributed by atoms with E-state index in [0.717, 1.165) is 13.0 Å². The van der Waals surface area contributed by atoms with Gasteiger partial charge in [0, 0.05) is 18.7 Å². The molecule has 0 bridgehead atoms. The van der Waals surface area contributed by atoms with E-state index in [2.05, 4.69) is 6.92 Å². The number of carbonyl (C=O) groups excluding carboxylic acids is 1. The maximum absolute atomic E-state index is 11.6. The summed E-state index contributed by atoms with van der Waals surface area (Å²) < 4.78 is 38.1. The first kappa shape index (κ1) is 30.1. The molecule has 0 aliphatic heterocycles. The summed E-state index contributed by atoms with van der Waals surface area (Å²) in [4.78, 5) is 16.4. The second kappa shape index (κ2) is 21.6. The Morgan fingerprint density at radius 3 is 1.29 bits per heavy atom. The van der Waals surface area contributed by atoms with Gasteiger partial charge in [-0.15, -0.1) is 4.73 Å². The topological polar surface area (TPSA) is 136 Å². The third kappa shape index (κ3) is 16.6. The largest absolute Gasteiger partial charge is 0.492 e. The van der Waals surface area contributed by atoms with Crippen molar-refractivity contribution >= 4 is 5.97 Å². The van der Waals surface area contributed by atoms with E-state index in [0.29, 0.717) is 84.0 Å². The Hall–Kier alpha value is -1.93. The van der Waals surface area contributed by atoms with Crippen LogP contribution < -0.4 is 4.84 Å². The number of hydrogen-bond donors (Lipinski definition) is 2. The van der Waals surface area contributed by atoms with Crippen LogP contribution in [0.2, 0.25) is 0 Å². The maximum Gasteiger partial charge on any atom is 0.335 e. The molecule has 12 heteroatoms. The van der Waals surface area contributed by atoms with Crippen molar-refractivity contribution in [2.45, 2.75) is 19.8 Å². The lowest BCUT2D eigenvalue weighted by Crippen LogP contribution is -2.20.